The van der Waals surface area contributed by atoms with Gasteiger partial charge in [0, 0.05) is 11.6 Å². The van der Waals surface area contributed by atoms with Gasteiger partial charge < -0.3 is 14.2 Å². The zero-order valence-electron chi connectivity index (χ0n) is 10.3. The van der Waals surface area contributed by atoms with E-state index in [1.165, 1.54) is 0 Å². The van der Waals surface area contributed by atoms with Crippen LogP contribution >= 0.6 is 0 Å². The molecular formula is C13H16O4. The molecule has 92 valence electrons. The molecule has 0 heterocycles. The maximum atomic E-state index is 11.2. The van der Waals surface area contributed by atoms with Crippen LogP contribution in [-0.2, 0) is 16.1 Å². The van der Waals surface area contributed by atoms with Crippen LogP contribution in [0.1, 0.15) is 12.5 Å². The van der Waals surface area contributed by atoms with Crippen molar-refractivity contribution in [3.05, 3.63) is 35.9 Å². The molecule has 0 aliphatic carbocycles. The van der Waals surface area contributed by atoms with E-state index in [9.17, 15) is 4.79 Å². The normalized spacial score (nSPS) is 9.59. The number of hydrogen-bond acceptors (Lipinski definition) is 4. The van der Waals surface area contributed by atoms with Crippen LogP contribution in [-0.4, -0.2) is 20.2 Å². The molecule has 4 heteroatoms. The summed E-state index contributed by atoms with van der Waals surface area (Å²) in [6, 6.07) is 5.33. The Kier molecular flexibility index (Phi) is 4.57. The molecule has 0 aromatic heterocycles. The number of benzene rings is 1. The molecule has 1 aromatic rings. The van der Waals surface area contributed by atoms with Gasteiger partial charge in [-0.15, -0.1) is 0 Å². The molecule has 0 fully saturated rings. The highest BCUT2D eigenvalue weighted by Gasteiger charge is 2.06. The molecular weight excluding hydrogens is 220 g/mol. The standard InChI is InChI=1S/C13H16O4/c1-9(2)13(14)17-8-10-5-11(15-3)7-12(6-10)16-4/h5-7H,1,8H2,2-4H3. The number of methoxy groups -OCH3 is 2. The number of esters is 1. The van der Waals surface area contributed by atoms with Crippen LogP contribution in [0.4, 0.5) is 0 Å². The third kappa shape index (κ3) is 3.83. The van der Waals surface area contributed by atoms with E-state index < -0.39 is 5.97 Å². The van der Waals surface area contributed by atoms with Gasteiger partial charge in [0.1, 0.15) is 18.1 Å². The van der Waals surface area contributed by atoms with Gasteiger partial charge >= 0.3 is 5.97 Å². The SMILES string of the molecule is C=C(C)C(=O)OCc1cc(OC)cc(OC)c1. The van der Waals surface area contributed by atoms with Crippen LogP contribution in [0.5, 0.6) is 11.5 Å². The molecule has 17 heavy (non-hydrogen) atoms. The van der Waals surface area contributed by atoms with Crippen LogP contribution in [0.2, 0.25) is 0 Å². The highest BCUT2D eigenvalue weighted by atomic mass is 16.5. The minimum Gasteiger partial charge on any atom is -0.497 e. The Hall–Kier alpha value is -1.97. The maximum Gasteiger partial charge on any atom is 0.333 e. The van der Waals surface area contributed by atoms with Gasteiger partial charge in [0.25, 0.3) is 0 Å². The first-order valence-corrected chi connectivity index (χ1v) is 5.11. The number of hydrogen-bond donors (Lipinski definition) is 0. The summed E-state index contributed by atoms with van der Waals surface area (Å²) in [6.45, 7) is 5.28. The lowest BCUT2D eigenvalue weighted by molar-refractivity contribution is -0.140. The van der Waals surface area contributed by atoms with Gasteiger partial charge in [0.05, 0.1) is 14.2 Å². The molecule has 0 saturated heterocycles. The molecule has 0 unspecified atom stereocenters. The second kappa shape index (κ2) is 5.94. The summed E-state index contributed by atoms with van der Waals surface area (Å²) < 4.78 is 15.3. The first kappa shape index (κ1) is 13.1. The van der Waals surface area contributed by atoms with Crippen molar-refractivity contribution in [1.29, 1.82) is 0 Å². The molecule has 0 saturated carbocycles. The monoisotopic (exact) mass is 236 g/mol. The van der Waals surface area contributed by atoms with Crippen LogP contribution in [0, 0.1) is 0 Å². The van der Waals surface area contributed by atoms with Gasteiger partial charge in [0.15, 0.2) is 0 Å². The van der Waals surface area contributed by atoms with Gasteiger partial charge in [-0.2, -0.15) is 0 Å². The summed E-state index contributed by atoms with van der Waals surface area (Å²) >= 11 is 0. The molecule has 1 rings (SSSR count). The number of carbonyl (C=O) groups excluding carboxylic acids is 1. The Morgan fingerprint density at radius 3 is 2.12 bits per heavy atom. The summed E-state index contributed by atoms with van der Waals surface area (Å²) in [5, 5.41) is 0. The van der Waals surface area contributed by atoms with Gasteiger partial charge in [-0.3, -0.25) is 0 Å². The van der Waals surface area contributed by atoms with Crippen LogP contribution in [0.15, 0.2) is 30.4 Å². The number of ether oxygens (including phenoxy) is 3. The number of carbonyl (C=O) groups is 1. The summed E-state index contributed by atoms with van der Waals surface area (Å²) in [6.07, 6.45) is 0. The lowest BCUT2D eigenvalue weighted by atomic mass is 10.2. The van der Waals surface area contributed by atoms with Crippen molar-refractivity contribution in [1.82, 2.24) is 0 Å². The van der Waals surface area contributed by atoms with Crippen molar-refractivity contribution in [3.8, 4) is 11.5 Å². The van der Waals surface area contributed by atoms with Gasteiger partial charge in [-0.1, -0.05) is 6.58 Å². The predicted molar refractivity (Wildman–Crippen MR) is 64.2 cm³/mol. The Morgan fingerprint density at radius 2 is 1.71 bits per heavy atom. The van der Waals surface area contributed by atoms with E-state index in [4.69, 9.17) is 14.2 Å². The van der Waals surface area contributed by atoms with Crippen molar-refractivity contribution in [2.24, 2.45) is 0 Å². The minimum atomic E-state index is -0.410. The van der Waals surface area contributed by atoms with E-state index in [0.717, 1.165) is 5.56 Å². The first-order chi connectivity index (χ1) is 8.06. The second-order valence-corrected chi connectivity index (χ2v) is 3.58. The van der Waals surface area contributed by atoms with Gasteiger partial charge in [-0.25, -0.2) is 4.79 Å². The van der Waals surface area contributed by atoms with E-state index in [-0.39, 0.29) is 6.61 Å². The molecule has 0 bridgehead atoms. The van der Waals surface area contributed by atoms with E-state index >= 15 is 0 Å². The van der Waals surface area contributed by atoms with Crippen molar-refractivity contribution in [2.45, 2.75) is 13.5 Å². The lowest BCUT2D eigenvalue weighted by Gasteiger charge is -2.09. The molecule has 0 aliphatic heterocycles. The molecule has 0 spiro atoms. The quantitative estimate of drug-likeness (QED) is 0.581. The van der Waals surface area contributed by atoms with Crippen molar-refractivity contribution >= 4 is 5.97 Å². The largest absolute Gasteiger partial charge is 0.497 e. The third-order valence-electron chi connectivity index (χ3n) is 2.13. The van der Waals surface area contributed by atoms with Crippen molar-refractivity contribution in [2.75, 3.05) is 14.2 Å². The summed E-state index contributed by atoms with van der Waals surface area (Å²) in [5.74, 6) is 0.906. The fourth-order valence-electron chi connectivity index (χ4n) is 1.22. The van der Waals surface area contributed by atoms with Gasteiger partial charge in [0.2, 0.25) is 0 Å². The van der Waals surface area contributed by atoms with Crippen LogP contribution in [0.25, 0.3) is 0 Å². The summed E-state index contributed by atoms with van der Waals surface area (Å²) in [4.78, 5) is 11.2. The molecule has 0 aliphatic rings. The zero-order chi connectivity index (χ0) is 12.8. The van der Waals surface area contributed by atoms with Crippen LogP contribution in [0.3, 0.4) is 0 Å². The van der Waals surface area contributed by atoms with Crippen molar-refractivity contribution in [3.63, 3.8) is 0 Å². The van der Waals surface area contributed by atoms with Gasteiger partial charge in [-0.05, 0) is 24.6 Å². The molecule has 1 aromatic carbocycles. The highest BCUT2D eigenvalue weighted by Crippen LogP contribution is 2.23. The smallest absolute Gasteiger partial charge is 0.333 e. The zero-order valence-corrected chi connectivity index (χ0v) is 10.3. The minimum absolute atomic E-state index is 0.166. The summed E-state index contributed by atoms with van der Waals surface area (Å²) in [5.41, 5.74) is 1.18. The fourth-order valence-corrected chi connectivity index (χ4v) is 1.22. The third-order valence-corrected chi connectivity index (χ3v) is 2.13. The fraction of sp³-hybridized carbons (Fsp3) is 0.308. The topological polar surface area (TPSA) is 44.8 Å². The van der Waals surface area contributed by atoms with Crippen molar-refractivity contribution < 1.29 is 19.0 Å². The molecule has 0 atom stereocenters. The Morgan fingerprint density at radius 1 is 1.18 bits per heavy atom. The molecule has 4 nitrogen and oxygen atoms in total. The van der Waals surface area contributed by atoms with E-state index in [1.807, 2.05) is 0 Å². The van der Waals surface area contributed by atoms with E-state index in [0.29, 0.717) is 17.1 Å². The number of rotatable bonds is 5. The Balaban J connectivity index is 2.76. The van der Waals surface area contributed by atoms with E-state index in [1.54, 1.807) is 39.3 Å². The highest BCUT2D eigenvalue weighted by molar-refractivity contribution is 5.86. The van der Waals surface area contributed by atoms with Crippen LogP contribution < -0.4 is 9.47 Å². The predicted octanol–water partition coefficient (Wildman–Crippen LogP) is 2.32. The average Bonchev–Trinajstić information content (AvgIpc) is 2.35. The maximum absolute atomic E-state index is 11.2. The lowest BCUT2D eigenvalue weighted by Crippen LogP contribution is -2.05. The average molecular weight is 236 g/mol. The Bertz CT molecular complexity index is 401. The first-order valence-electron chi connectivity index (χ1n) is 5.11. The summed E-state index contributed by atoms with van der Waals surface area (Å²) in [7, 11) is 3.14. The molecule has 0 amide bonds. The second-order valence-electron chi connectivity index (χ2n) is 3.58. The molecule has 0 radical (unpaired) electrons. The molecule has 0 N–H and O–H groups in total. The van der Waals surface area contributed by atoms with E-state index in [2.05, 4.69) is 6.58 Å². The Labute approximate surface area is 101 Å².